The quantitative estimate of drug-likeness (QED) is 0.360. The van der Waals surface area contributed by atoms with Gasteiger partial charge in [-0.25, -0.2) is 4.39 Å². The van der Waals surface area contributed by atoms with Crippen LogP contribution in [0.5, 0.6) is 0 Å². The molecule has 4 rings (SSSR count). The van der Waals surface area contributed by atoms with Gasteiger partial charge in [0.05, 0.1) is 11.8 Å². The van der Waals surface area contributed by atoms with Gasteiger partial charge in [-0.2, -0.15) is 4.98 Å². The molecule has 4 aromatic rings. The molecule has 0 bridgehead atoms. The van der Waals surface area contributed by atoms with Crippen LogP contribution in [0, 0.1) is 5.82 Å². The zero-order chi connectivity index (χ0) is 22.0. The maximum absolute atomic E-state index is 13.5. The zero-order valence-electron chi connectivity index (χ0n) is 17.2. The van der Waals surface area contributed by atoms with Crippen molar-refractivity contribution in [2.24, 2.45) is 0 Å². The van der Waals surface area contributed by atoms with Crippen LogP contribution in [0.2, 0.25) is 5.02 Å². The Labute approximate surface area is 188 Å². The molecule has 0 unspecified atom stereocenters. The molecule has 7 nitrogen and oxygen atoms in total. The highest BCUT2D eigenvalue weighted by Gasteiger charge is 2.21. The molecule has 0 radical (unpaired) electrons. The molecule has 0 fully saturated rings. The molecule has 1 atom stereocenters. The lowest BCUT2D eigenvalue weighted by Crippen LogP contribution is -2.20. The summed E-state index contributed by atoms with van der Waals surface area (Å²) in [5, 5.41) is 14.0. The van der Waals surface area contributed by atoms with E-state index in [1.165, 1.54) is 23.9 Å². The molecule has 0 N–H and O–H groups in total. The summed E-state index contributed by atoms with van der Waals surface area (Å²) >= 11 is 7.46. The molecule has 0 aliphatic heterocycles. The third-order valence-electron chi connectivity index (χ3n) is 4.77. The summed E-state index contributed by atoms with van der Waals surface area (Å²) in [6, 6.07) is 13.5. The van der Waals surface area contributed by atoms with Crippen molar-refractivity contribution in [1.29, 1.82) is 0 Å². The summed E-state index contributed by atoms with van der Waals surface area (Å²) in [7, 11) is 3.94. The lowest BCUT2D eigenvalue weighted by atomic mass is 10.2. The maximum atomic E-state index is 13.5. The fourth-order valence-corrected chi connectivity index (χ4v) is 3.88. The molecule has 0 aliphatic carbocycles. The Hall–Kier alpha value is -2.75. The molecule has 2 heterocycles. The van der Waals surface area contributed by atoms with Crippen LogP contribution in [-0.2, 0) is 5.75 Å². The first kappa shape index (κ1) is 21.5. The Balaban J connectivity index is 1.59. The lowest BCUT2D eigenvalue weighted by Gasteiger charge is -2.20. The van der Waals surface area contributed by atoms with Gasteiger partial charge in [0.1, 0.15) is 5.82 Å². The molecule has 0 spiro atoms. The Morgan fingerprint density at radius 2 is 1.94 bits per heavy atom. The van der Waals surface area contributed by atoms with Crippen molar-refractivity contribution < 1.29 is 8.91 Å². The van der Waals surface area contributed by atoms with Crippen LogP contribution in [0.1, 0.15) is 24.7 Å². The number of hydrogen-bond donors (Lipinski definition) is 0. The van der Waals surface area contributed by atoms with Crippen LogP contribution in [0.25, 0.3) is 17.1 Å². The third-order valence-corrected chi connectivity index (χ3v) is 5.92. The van der Waals surface area contributed by atoms with Crippen LogP contribution in [-0.4, -0.2) is 43.9 Å². The van der Waals surface area contributed by atoms with Crippen molar-refractivity contribution in [3.8, 4) is 17.1 Å². The fourth-order valence-electron chi connectivity index (χ4n) is 2.89. The summed E-state index contributed by atoms with van der Waals surface area (Å²) in [5.74, 6) is 1.79. The second-order valence-electron chi connectivity index (χ2n) is 7.10. The number of halogens is 2. The van der Waals surface area contributed by atoms with Crippen molar-refractivity contribution in [2.75, 3.05) is 14.1 Å². The number of rotatable bonds is 7. The van der Waals surface area contributed by atoms with Crippen LogP contribution in [0.15, 0.2) is 58.2 Å². The van der Waals surface area contributed by atoms with Gasteiger partial charge in [-0.3, -0.25) is 9.47 Å². The predicted octanol–water partition coefficient (Wildman–Crippen LogP) is 5.02. The van der Waals surface area contributed by atoms with E-state index in [1.54, 1.807) is 24.3 Å². The van der Waals surface area contributed by atoms with E-state index < -0.39 is 0 Å². The normalized spacial score (nSPS) is 12.5. The van der Waals surface area contributed by atoms with Gasteiger partial charge in [-0.15, -0.1) is 10.2 Å². The van der Waals surface area contributed by atoms with Gasteiger partial charge in [0.15, 0.2) is 11.0 Å². The van der Waals surface area contributed by atoms with Gasteiger partial charge in [-0.1, -0.05) is 40.7 Å². The molecule has 2 aromatic heterocycles. The Morgan fingerprint density at radius 3 is 2.65 bits per heavy atom. The largest absolute Gasteiger partial charge is 0.338 e. The summed E-state index contributed by atoms with van der Waals surface area (Å²) in [5.41, 5.74) is 1.56. The van der Waals surface area contributed by atoms with Crippen molar-refractivity contribution in [3.05, 3.63) is 71.1 Å². The number of hydrogen-bond acceptors (Lipinski definition) is 7. The lowest BCUT2D eigenvalue weighted by molar-refractivity contribution is 0.305. The number of thioether (sulfide) groups is 1. The first-order valence-electron chi connectivity index (χ1n) is 9.51. The number of benzene rings is 2. The molecule has 10 heteroatoms. The van der Waals surface area contributed by atoms with E-state index in [0.717, 1.165) is 17.1 Å². The third kappa shape index (κ3) is 4.79. The van der Waals surface area contributed by atoms with Crippen LogP contribution in [0.3, 0.4) is 0 Å². The van der Waals surface area contributed by atoms with Crippen LogP contribution in [0.4, 0.5) is 4.39 Å². The highest BCUT2D eigenvalue weighted by atomic mass is 35.5. The standard InChI is InChI=1S/C21H20ClFN6OS/c1-13(28(2)3)20-25-26-21(29(20)17-9-7-16(23)8-10-17)31-12-18-24-19(27-30-18)14-5-4-6-15(22)11-14/h4-11,13H,12H2,1-3H3/t13-/m0/s1. The fraction of sp³-hybridized carbons (Fsp3) is 0.238. The summed E-state index contributed by atoms with van der Waals surface area (Å²) in [6.07, 6.45) is 0. The highest BCUT2D eigenvalue weighted by Crippen LogP contribution is 2.29. The molecular weight excluding hydrogens is 439 g/mol. The molecule has 0 aliphatic rings. The van der Waals surface area contributed by atoms with Crippen molar-refractivity contribution in [1.82, 2.24) is 29.8 Å². The molecule has 0 saturated carbocycles. The van der Waals surface area contributed by atoms with Crippen molar-refractivity contribution >= 4 is 23.4 Å². The van der Waals surface area contributed by atoms with Gasteiger partial charge in [-0.05, 0) is 57.4 Å². The minimum Gasteiger partial charge on any atom is -0.338 e. The van der Waals surface area contributed by atoms with Gasteiger partial charge < -0.3 is 4.52 Å². The van der Waals surface area contributed by atoms with Gasteiger partial charge >= 0.3 is 0 Å². The van der Waals surface area contributed by atoms with E-state index in [4.69, 9.17) is 16.1 Å². The Morgan fingerprint density at radius 1 is 1.16 bits per heavy atom. The zero-order valence-corrected chi connectivity index (χ0v) is 18.7. The van der Waals surface area contributed by atoms with E-state index in [9.17, 15) is 4.39 Å². The molecular formula is C21H20ClFN6OS. The van der Waals surface area contributed by atoms with E-state index in [2.05, 4.69) is 20.3 Å². The van der Waals surface area contributed by atoms with Crippen molar-refractivity contribution in [2.45, 2.75) is 23.9 Å². The minimum absolute atomic E-state index is 0.00439. The van der Waals surface area contributed by atoms with Crippen molar-refractivity contribution in [3.63, 3.8) is 0 Å². The maximum Gasteiger partial charge on any atom is 0.237 e. The van der Waals surface area contributed by atoms with Gasteiger partial charge in [0, 0.05) is 16.3 Å². The van der Waals surface area contributed by atoms with Gasteiger partial charge in [0.25, 0.3) is 0 Å². The summed E-state index contributed by atoms with van der Waals surface area (Å²) in [4.78, 5) is 6.48. The molecule has 31 heavy (non-hydrogen) atoms. The minimum atomic E-state index is -0.298. The molecule has 160 valence electrons. The SMILES string of the molecule is C[C@@H](c1nnc(SCc2nc(-c3cccc(Cl)c3)no2)n1-c1ccc(F)cc1)N(C)C. The van der Waals surface area contributed by atoms with E-state index in [1.807, 2.05) is 42.6 Å². The van der Waals surface area contributed by atoms with Gasteiger partial charge in [0.2, 0.25) is 11.7 Å². The van der Waals surface area contributed by atoms with E-state index in [0.29, 0.717) is 27.6 Å². The smallest absolute Gasteiger partial charge is 0.237 e. The molecule has 0 saturated heterocycles. The van der Waals surface area contributed by atoms with Crippen LogP contribution >= 0.6 is 23.4 Å². The average Bonchev–Trinajstić information content (AvgIpc) is 3.39. The first-order chi connectivity index (χ1) is 14.9. The highest BCUT2D eigenvalue weighted by molar-refractivity contribution is 7.98. The molecule has 0 amide bonds. The number of aromatic nitrogens is 5. The second kappa shape index (κ2) is 9.17. The summed E-state index contributed by atoms with van der Waals surface area (Å²) < 4.78 is 20.8. The first-order valence-corrected chi connectivity index (χ1v) is 10.9. The monoisotopic (exact) mass is 458 g/mol. The summed E-state index contributed by atoms with van der Waals surface area (Å²) in [6.45, 7) is 2.04. The predicted molar refractivity (Wildman–Crippen MR) is 118 cm³/mol. The topological polar surface area (TPSA) is 72.9 Å². The second-order valence-corrected chi connectivity index (χ2v) is 8.48. The number of nitrogens with zero attached hydrogens (tertiary/aromatic N) is 6. The van der Waals surface area contributed by atoms with E-state index in [-0.39, 0.29) is 11.9 Å². The van der Waals surface area contributed by atoms with E-state index >= 15 is 0 Å². The molecule has 2 aromatic carbocycles. The average molecular weight is 459 g/mol. The Bertz CT molecular complexity index is 1180. The van der Waals surface area contributed by atoms with Crippen LogP contribution < -0.4 is 0 Å². The Kier molecular flexibility index (Phi) is 6.35.